The second-order valence-corrected chi connectivity index (χ2v) is 3.36. The fraction of sp³-hybridized carbons (Fsp3) is 0.231. The highest BCUT2D eigenvalue weighted by Crippen LogP contribution is 2.24. The summed E-state index contributed by atoms with van der Waals surface area (Å²) in [5.74, 6) is -0.407. The number of benzene rings is 1. The standard InChI is InChI=1S/C11H8ClNO2.C2H6/c1-15-11(14)9-6-13-10(12)8-5-3-2-4-7(8)9;1-2/h2-6H,1H3;1-2H3. The Balaban J connectivity index is 0.000000686. The number of rotatable bonds is 1. The van der Waals surface area contributed by atoms with Crippen LogP contribution in [0.1, 0.15) is 24.2 Å². The minimum atomic E-state index is -0.407. The van der Waals surface area contributed by atoms with Gasteiger partial charge >= 0.3 is 5.97 Å². The Bertz CT molecular complexity index is 526. The number of hydrogen-bond acceptors (Lipinski definition) is 3. The molecule has 4 heteroatoms. The summed E-state index contributed by atoms with van der Waals surface area (Å²) in [5, 5.41) is 1.89. The van der Waals surface area contributed by atoms with Crippen LogP contribution in [-0.2, 0) is 4.74 Å². The zero-order chi connectivity index (χ0) is 12.8. The molecule has 1 heterocycles. The van der Waals surface area contributed by atoms with Gasteiger partial charge in [-0.1, -0.05) is 49.7 Å². The predicted molar refractivity (Wildman–Crippen MR) is 69.4 cm³/mol. The molecular weight excluding hydrogens is 238 g/mol. The largest absolute Gasteiger partial charge is 0.465 e. The lowest BCUT2D eigenvalue weighted by molar-refractivity contribution is 0.0602. The molecule has 0 radical (unpaired) electrons. The first-order valence-corrected chi connectivity index (χ1v) is 5.73. The maximum atomic E-state index is 11.4. The van der Waals surface area contributed by atoms with E-state index in [-0.39, 0.29) is 0 Å². The quantitative estimate of drug-likeness (QED) is 0.573. The van der Waals surface area contributed by atoms with E-state index in [9.17, 15) is 4.79 Å². The molecule has 0 aliphatic heterocycles. The Hall–Kier alpha value is -1.61. The maximum Gasteiger partial charge on any atom is 0.340 e. The van der Waals surface area contributed by atoms with Crippen LogP contribution < -0.4 is 0 Å². The number of carbonyl (C=O) groups is 1. The number of pyridine rings is 1. The van der Waals surface area contributed by atoms with Gasteiger partial charge in [-0.25, -0.2) is 9.78 Å². The normalized spacial score (nSPS) is 9.41. The van der Waals surface area contributed by atoms with Crippen molar-refractivity contribution in [2.45, 2.75) is 13.8 Å². The Labute approximate surface area is 105 Å². The van der Waals surface area contributed by atoms with Crippen molar-refractivity contribution < 1.29 is 9.53 Å². The van der Waals surface area contributed by atoms with E-state index in [1.165, 1.54) is 13.3 Å². The molecule has 1 aromatic carbocycles. The van der Waals surface area contributed by atoms with Crippen molar-refractivity contribution in [3.63, 3.8) is 0 Å². The van der Waals surface area contributed by atoms with Gasteiger partial charge in [0, 0.05) is 17.0 Å². The minimum absolute atomic E-state index is 0.387. The van der Waals surface area contributed by atoms with Gasteiger partial charge in [0.05, 0.1) is 12.7 Å². The van der Waals surface area contributed by atoms with E-state index in [1.807, 2.05) is 38.1 Å². The average molecular weight is 252 g/mol. The lowest BCUT2D eigenvalue weighted by Crippen LogP contribution is -2.02. The lowest BCUT2D eigenvalue weighted by atomic mass is 10.1. The Morgan fingerprint density at radius 3 is 2.41 bits per heavy atom. The number of methoxy groups -OCH3 is 1. The van der Waals surface area contributed by atoms with Gasteiger partial charge in [-0.3, -0.25) is 0 Å². The third-order valence-corrected chi connectivity index (χ3v) is 2.45. The smallest absolute Gasteiger partial charge is 0.340 e. The van der Waals surface area contributed by atoms with Gasteiger partial charge < -0.3 is 4.74 Å². The molecule has 0 atom stereocenters. The van der Waals surface area contributed by atoms with Crippen molar-refractivity contribution in [1.82, 2.24) is 4.98 Å². The van der Waals surface area contributed by atoms with Gasteiger partial charge in [0.1, 0.15) is 5.15 Å². The molecule has 0 saturated carbocycles. The second kappa shape index (κ2) is 6.21. The third kappa shape index (κ3) is 2.74. The number of halogens is 1. The van der Waals surface area contributed by atoms with E-state index in [4.69, 9.17) is 11.6 Å². The highest BCUT2D eigenvalue weighted by atomic mass is 35.5. The summed E-state index contributed by atoms with van der Waals surface area (Å²) in [6.07, 6.45) is 1.43. The summed E-state index contributed by atoms with van der Waals surface area (Å²) in [6.45, 7) is 4.00. The summed E-state index contributed by atoms with van der Waals surface area (Å²) in [7, 11) is 1.34. The summed E-state index contributed by atoms with van der Waals surface area (Å²) in [6, 6.07) is 7.31. The molecule has 90 valence electrons. The molecule has 0 aliphatic carbocycles. The van der Waals surface area contributed by atoms with E-state index in [0.29, 0.717) is 10.7 Å². The van der Waals surface area contributed by atoms with Crippen molar-refractivity contribution >= 4 is 28.3 Å². The van der Waals surface area contributed by atoms with Crippen LogP contribution in [-0.4, -0.2) is 18.1 Å². The van der Waals surface area contributed by atoms with Crippen molar-refractivity contribution in [3.8, 4) is 0 Å². The summed E-state index contributed by atoms with van der Waals surface area (Å²) in [5.41, 5.74) is 0.428. The van der Waals surface area contributed by atoms with Crippen molar-refractivity contribution in [2.75, 3.05) is 7.11 Å². The Kier molecular flexibility index (Phi) is 4.91. The molecule has 0 spiro atoms. The second-order valence-electron chi connectivity index (χ2n) is 3.00. The van der Waals surface area contributed by atoms with E-state index < -0.39 is 5.97 Å². The van der Waals surface area contributed by atoms with E-state index in [2.05, 4.69) is 9.72 Å². The highest BCUT2D eigenvalue weighted by molar-refractivity contribution is 6.34. The van der Waals surface area contributed by atoms with Gasteiger partial charge in [-0.05, 0) is 0 Å². The van der Waals surface area contributed by atoms with Gasteiger partial charge in [0.25, 0.3) is 0 Å². The molecule has 2 rings (SSSR count). The van der Waals surface area contributed by atoms with Crippen LogP contribution in [0.3, 0.4) is 0 Å². The van der Waals surface area contributed by atoms with Crippen LogP contribution in [0.2, 0.25) is 5.15 Å². The highest BCUT2D eigenvalue weighted by Gasteiger charge is 2.12. The van der Waals surface area contributed by atoms with Crippen LogP contribution >= 0.6 is 11.6 Å². The van der Waals surface area contributed by atoms with Crippen LogP contribution in [0.25, 0.3) is 10.8 Å². The third-order valence-electron chi connectivity index (χ3n) is 2.15. The molecule has 0 fully saturated rings. The van der Waals surface area contributed by atoms with E-state index in [0.717, 1.165) is 10.8 Å². The molecular formula is C13H14ClNO2. The summed E-state index contributed by atoms with van der Waals surface area (Å²) in [4.78, 5) is 15.4. The monoisotopic (exact) mass is 251 g/mol. The van der Waals surface area contributed by atoms with Gasteiger partial charge in [-0.2, -0.15) is 0 Å². The fourth-order valence-corrected chi connectivity index (χ4v) is 1.64. The van der Waals surface area contributed by atoms with Crippen LogP contribution in [0.4, 0.5) is 0 Å². The number of esters is 1. The first-order chi connectivity index (χ1) is 8.24. The van der Waals surface area contributed by atoms with Crippen molar-refractivity contribution in [2.24, 2.45) is 0 Å². The number of ether oxygens (including phenoxy) is 1. The molecule has 1 aromatic heterocycles. The molecule has 0 bridgehead atoms. The summed E-state index contributed by atoms with van der Waals surface area (Å²) >= 11 is 5.91. The topological polar surface area (TPSA) is 39.2 Å². The number of carbonyl (C=O) groups excluding carboxylic acids is 1. The fourth-order valence-electron chi connectivity index (χ4n) is 1.43. The zero-order valence-electron chi connectivity index (χ0n) is 10.0. The first-order valence-electron chi connectivity index (χ1n) is 5.35. The molecule has 3 nitrogen and oxygen atoms in total. The van der Waals surface area contributed by atoms with E-state index in [1.54, 1.807) is 0 Å². The van der Waals surface area contributed by atoms with Gasteiger partial charge in [-0.15, -0.1) is 0 Å². The molecule has 0 aliphatic rings. The average Bonchev–Trinajstić information content (AvgIpc) is 2.41. The minimum Gasteiger partial charge on any atom is -0.465 e. The Morgan fingerprint density at radius 2 is 1.82 bits per heavy atom. The van der Waals surface area contributed by atoms with Gasteiger partial charge in [0.2, 0.25) is 0 Å². The van der Waals surface area contributed by atoms with Crippen LogP contribution in [0.5, 0.6) is 0 Å². The molecule has 0 saturated heterocycles. The Morgan fingerprint density at radius 1 is 1.24 bits per heavy atom. The number of hydrogen-bond donors (Lipinski definition) is 0. The maximum absolute atomic E-state index is 11.4. The lowest BCUT2D eigenvalue weighted by Gasteiger charge is -2.04. The SMILES string of the molecule is CC.COC(=O)c1cnc(Cl)c2ccccc12. The van der Waals surface area contributed by atoms with Crippen LogP contribution in [0.15, 0.2) is 30.5 Å². The van der Waals surface area contributed by atoms with Crippen molar-refractivity contribution in [3.05, 3.63) is 41.2 Å². The summed E-state index contributed by atoms with van der Waals surface area (Å²) < 4.78 is 4.66. The molecule has 0 amide bonds. The molecule has 0 N–H and O–H groups in total. The van der Waals surface area contributed by atoms with Gasteiger partial charge in [0.15, 0.2) is 0 Å². The van der Waals surface area contributed by atoms with Crippen LogP contribution in [0, 0.1) is 0 Å². The number of nitrogens with zero attached hydrogens (tertiary/aromatic N) is 1. The van der Waals surface area contributed by atoms with E-state index >= 15 is 0 Å². The first kappa shape index (κ1) is 13.5. The molecule has 0 unspecified atom stereocenters. The molecule has 2 aromatic rings. The number of fused-ring (bicyclic) bond motifs is 1. The predicted octanol–water partition coefficient (Wildman–Crippen LogP) is 3.70. The molecule has 17 heavy (non-hydrogen) atoms. The number of aromatic nitrogens is 1. The zero-order valence-corrected chi connectivity index (χ0v) is 10.8. The van der Waals surface area contributed by atoms with Crippen molar-refractivity contribution in [1.29, 1.82) is 0 Å².